The van der Waals surface area contributed by atoms with Crippen molar-refractivity contribution in [3.63, 3.8) is 0 Å². The fourth-order valence-corrected chi connectivity index (χ4v) is 2.83. The number of hydrogen-bond donors (Lipinski definition) is 0. The Morgan fingerprint density at radius 1 is 1.35 bits per heavy atom. The number of pyridine rings is 1. The standard InChI is InChI=1S/C20H14ClFN4/c1-3-16(14-6-8-19-25-11-15(10-23)26(19)12-14)20(24-4-2)13-5-7-18(22)17(21)9-13/h3-9,11-12H,1H2,2H3/b20-16+,24-4-. The van der Waals surface area contributed by atoms with Gasteiger partial charge in [0.1, 0.15) is 23.2 Å². The Balaban J connectivity index is 2.27. The lowest BCUT2D eigenvalue weighted by atomic mass is 10.0. The Kier molecular flexibility index (Phi) is 4.97. The molecule has 0 aliphatic carbocycles. The number of benzene rings is 1. The van der Waals surface area contributed by atoms with Crippen LogP contribution in [0.5, 0.6) is 0 Å². The molecular formula is C20H14ClFN4. The van der Waals surface area contributed by atoms with Gasteiger partial charge in [0.15, 0.2) is 0 Å². The van der Waals surface area contributed by atoms with Crippen LogP contribution in [0.1, 0.15) is 23.7 Å². The van der Waals surface area contributed by atoms with Crippen LogP contribution in [0.15, 0.2) is 60.4 Å². The Morgan fingerprint density at radius 2 is 2.12 bits per heavy atom. The van der Waals surface area contributed by atoms with E-state index in [4.69, 9.17) is 11.6 Å². The molecule has 0 radical (unpaired) electrons. The molecule has 1 aromatic carbocycles. The van der Waals surface area contributed by atoms with Crippen molar-refractivity contribution in [3.8, 4) is 6.07 Å². The predicted molar refractivity (Wildman–Crippen MR) is 102 cm³/mol. The minimum Gasteiger partial charge on any atom is -0.291 e. The highest BCUT2D eigenvalue weighted by Gasteiger charge is 2.12. The summed E-state index contributed by atoms with van der Waals surface area (Å²) in [7, 11) is 0. The van der Waals surface area contributed by atoms with Gasteiger partial charge in [0.05, 0.1) is 16.9 Å². The average Bonchev–Trinajstić information content (AvgIpc) is 3.06. The van der Waals surface area contributed by atoms with Crippen LogP contribution in [-0.2, 0) is 0 Å². The number of rotatable bonds is 4. The molecule has 4 nitrogen and oxygen atoms in total. The third-order valence-electron chi connectivity index (χ3n) is 3.84. The topological polar surface area (TPSA) is 53.5 Å². The maximum Gasteiger partial charge on any atom is 0.144 e. The van der Waals surface area contributed by atoms with Crippen molar-refractivity contribution < 1.29 is 4.39 Å². The molecule has 0 saturated heterocycles. The zero-order valence-corrected chi connectivity index (χ0v) is 14.7. The number of fused-ring (bicyclic) bond motifs is 1. The molecule has 26 heavy (non-hydrogen) atoms. The van der Waals surface area contributed by atoms with Gasteiger partial charge in [0, 0.05) is 29.1 Å². The third kappa shape index (κ3) is 3.15. The number of aromatic nitrogens is 2. The lowest BCUT2D eigenvalue weighted by Crippen LogP contribution is -1.95. The van der Waals surface area contributed by atoms with Crippen LogP contribution in [-0.4, -0.2) is 15.6 Å². The molecule has 0 aliphatic heterocycles. The van der Waals surface area contributed by atoms with Crippen molar-refractivity contribution in [1.82, 2.24) is 9.38 Å². The smallest absolute Gasteiger partial charge is 0.144 e. The molecule has 0 amide bonds. The van der Waals surface area contributed by atoms with Gasteiger partial charge in [-0.05, 0) is 37.3 Å². The largest absolute Gasteiger partial charge is 0.291 e. The minimum absolute atomic E-state index is 0.0199. The highest BCUT2D eigenvalue weighted by Crippen LogP contribution is 2.31. The Bertz CT molecular complexity index is 1100. The Hall–Kier alpha value is -3.23. The lowest BCUT2D eigenvalue weighted by molar-refractivity contribution is 0.628. The molecule has 0 atom stereocenters. The first-order valence-corrected chi connectivity index (χ1v) is 8.15. The molecule has 2 aromatic heterocycles. The fraction of sp³-hybridized carbons (Fsp3) is 0.0500. The quantitative estimate of drug-likeness (QED) is 0.475. The number of allylic oxidation sites excluding steroid dienone is 2. The summed E-state index contributed by atoms with van der Waals surface area (Å²) in [4.78, 5) is 8.62. The molecule has 3 aromatic rings. The molecule has 0 bridgehead atoms. The maximum absolute atomic E-state index is 13.5. The van der Waals surface area contributed by atoms with Gasteiger partial charge in [-0.3, -0.25) is 9.39 Å². The van der Waals surface area contributed by atoms with Crippen molar-refractivity contribution in [3.05, 3.63) is 83.0 Å². The average molecular weight is 365 g/mol. The summed E-state index contributed by atoms with van der Waals surface area (Å²) in [5.74, 6) is -0.492. The molecule has 0 N–H and O–H groups in total. The van der Waals surface area contributed by atoms with Gasteiger partial charge in [0.25, 0.3) is 0 Å². The molecule has 0 aliphatic rings. The zero-order chi connectivity index (χ0) is 18.7. The lowest BCUT2D eigenvalue weighted by Gasteiger charge is -2.11. The van der Waals surface area contributed by atoms with Gasteiger partial charge in [-0.1, -0.05) is 24.3 Å². The van der Waals surface area contributed by atoms with Gasteiger partial charge >= 0.3 is 0 Å². The van der Waals surface area contributed by atoms with E-state index < -0.39 is 5.82 Å². The number of imidazole rings is 1. The van der Waals surface area contributed by atoms with E-state index in [2.05, 4.69) is 22.6 Å². The first kappa shape index (κ1) is 17.6. The second kappa shape index (κ2) is 7.34. The van der Waals surface area contributed by atoms with Crippen molar-refractivity contribution in [1.29, 1.82) is 5.26 Å². The molecule has 2 heterocycles. The normalized spacial score (nSPS) is 12.2. The van der Waals surface area contributed by atoms with E-state index in [9.17, 15) is 9.65 Å². The second-order valence-electron chi connectivity index (χ2n) is 5.38. The Labute approximate surface area is 155 Å². The summed E-state index contributed by atoms with van der Waals surface area (Å²) in [6.45, 7) is 5.68. The summed E-state index contributed by atoms with van der Waals surface area (Å²) >= 11 is 5.93. The van der Waals surface area contributed by atoms with Crippen LogP contribution in [0.4, 0.5) is 4.39 Å². The van der Waals surface area contributed by atoms with Crippen LogP contribution in [0.25, 0.3) is 16.9 Å². The van der Waals surface area contributed by atoms with E-state index in [-0.39, 0.29) is 5.02 Å². The molecule has 3 rings (SSSR count). The van der Waals surface area contributed by atoms with Gasteiger partial charge in [-0.15, -0.1) is 0 Å². The van der Waals surface area contributed by atoms with E-state index in [0.717, 1.165) is 11.1 Å². The molecule has 6 heteroatoms. The third-order valence-corrected chi connectivity index (χ3v) is 4.13. The van der Waals surface area contributed by atoms with Crippen molar-refractivity contribution in [2.45, 2.75) is 6.92 Å². The summed E-state index contributed by atoms with van der Waals surface area (Å²) < 4.78 is 15.2. The monoisotopic (exact) mass is 364 g/mol. The molecule has 0 unspecified atom stereocenters. The molecule has 0 fully saturated rings. The van der Waals surface area contributed by atoms with Gasteiger partial charge in [0.2, 0.25) is 0 Å². The second-order valence-corrected chi connectivity index (χ2v) is 5.79. The van der Waals surface area contributed by atoms with E-state index in [1.165, 1.54) is 18.3 Å². The highest BCUT2D eigenvalue weighted by atomic mass is 35.5. The highest BCUT2D eigenvalue weighted by molar-refractivity contribution is 6.31. The summed E-state index contributed by atoms with van der Waals surface area (Å²) in [6.07, 6.45) is 6.63. The van der Waals surface area contributed by atoms with E-state index >= 15 is 0 Å². The van der Waals surface area contributed by atoms with E-state index in [1.807, 2.05) is 12.1 Å². The van der Waals surface area contributed by atoms with E-state index in [0.29, 0.717) is 22.6 Å². The summed E-state index contributed by atoms with van der Waals surface area (Å²) in [6, 6.07) is 10.2. The molecule has 0 spiro atoms. The van der Waals surface area contributed by atoms with Gasteiger partial charge in [-0.25, -0.2) is 9.37 Å². The number of nitrogens with zero attached hydrogens (tertiary/aromatic N) is 4. The molecular weight excluding hydrogens is 351 g/mol. The fourth-order valence-electron chi connectivity index (χ4n) is 2.65. The van der Waals surface area contributed by atoms with E-state index in [1.54, 1.807) is 35.9 Å². The molecule has 0 saturated carbocycles. The van der Waals surface area contributed by atoms with Crippen LogP contribution >= 0.6 is 11.6 Å². The number of hydrogen-bond acceptors (Lipinski definition) is 3. The number of halogens is 2. The van der Waals surface area contributed by atoms with Crippen molar-refractivity contribution >= 4 is 34.7 Å². The Morgan fingerprint density at radius 3 is 2.77 bits per heavy atom. The summed E-state index contributed by atoms with van der Waals surface area (Å²) in [5, 5.41) is 9.24. The van der Waals surface area contributed by atoms with Crippen LogP contribution < -0.4 is 0 Å². The molecule has 128 valence electrons. The van der Waals surface area contributed by atoms with Gasteiger partial charge in [-0.2, -0.15) is 5.26 Å². The number of aliphatic imine (C=N–C) groups is 1. The van der Waals surface area contributed by atoms with Crippen molar-refractivity contribution in [2.75, 3.05) is 0 Å². The van der Waals surface area contributed by atoms with Gasteiger partial charge < -0.3 is 0 Å². The van der Waals surface area contributed by atoms with Crippen molar-refractivity contribution in [2.24, 2.45) is 4.99 Å². The summed E-state index contributed by atoms with van der Waals surface area (Å²) in [5.41, 5.74) is 3.88. The van der Waals surface area contributed by atoms with Crippen LogP contribution in [0.2, 0.25) is 5.02 Å². The SMILES string of the molecule is C=C/C(=C(\N=C/C)c1ccc(F)c(Cl)c1)c1ccc2ncc(C#N)n2c1. The predicted octanol–water partition coefficient (Wildman–Crippen LogP) is 5.14. The minimum atomic E-state index is -0.492. The first-order valence-electron chi connectivity index (χ1n) is 7.77. The number of nitriles is 1. The van der Waals surface area contributed by atoms with Crippen LogP contribution in [0.3, 0.4) is 0 Å². The zero-order valence-electron chi connectivity index (χ0n) is 13.9. The maximum atomic E-state index is 13.5. The first-order chi connectivity index (χ1) is 12.6. The van der Waals surface area contributed by atoms with Crippen LogP contribution in [0, 0.1) is 17.1 Å².